The van der Waals surface area contributed by atoms with E-state index in [9.17, 15) is 9.59 Å². The van der Waals surface area contributed by atoms with Crippen LogP contribution < -0.4 is 5.73 Å². The quantitative estimate of drug-likeness (QED) is 0.372. The molecule has 16 heavy (non-hydrogen) atoms. The number of carboxylic acid groups (broad SMARTS) is 1. The van der Waals surface area contributed by atoms with E-state index in [0.717, 1.165) is 0 Å². The van der Waals surface area contributed by atoms with E-state index in [1.54, 1.807) is 0 Å². The summed E-state index contributed by atoms with van der Waals surface area (Å²) in [5, 5.41) is 16.9. The van der Waals surface area contributed by atoms with E-state index in [1.165, 1.54) is 11.8 Å². The molecular weight excluding hydrogens is 234 g/mol. The molecule has 0 aromatic heterocycles. The zero-order valence-electron chi connectivity index (χ0n) is 8.92. The van der Waals surface area contributed by atoms with Gasteiger partial charge in [-0.3, -0.25) is 9.59 Å². The monoisotopic (exact) mass is 251 g/mol. The van der Waals surface area contributed by atoms with Crippen molar-refractivity contribution in [1.29, 1.82) is 0 Å². The summed E-state index contributed by atoms with van der Waals surface area (Å²) < 4.78 is 4.83. The maximum Gasteiger partial charge on any atom is 0.320 e. The van der Waals surface area contributed by atoms with Crippen LogP contribution in [0.4, 0.5) is 0 Å². The van der Waals surface area contributed by atoms with Crippen molar-refractivity contribution in [3.8, 4) is 0 Å². The summed E-state index contributed by atoms with van der Waals surface area (Å²) in [4.78, 5) is 21.4. The summed E-state index contributed by atoms with van der Waals surface area (Å²) in [6.45, 7) is 0.373. The smallest absolute Gasteiger partial charge is 0.320 e. The first-order chi connectivity index (χ1) is 7.57. The highest BCUT2D eigenvalue weighted by Gasteiger charge is 2.13. The van der Waals surface area contributed by atoms with Crippen LogP contribution in [0, 0.1) is 0 Å². The molecule has 0 heterocycles. The lowest BCUT2D eigenvalue weighted by molar-refractivity contribution is -0.143. The fraction of sp³-hybridized carbons (Fsp3) is 0.778. The van der Waals surface area contributed by atoms with Crippen molar-refractivity contribution in [3.63, 3.8) is 0 Å². The van der Waals surface area contributed by atoms with Gasteiger partial charge in [-0.2, -0.15) is 11.8 Å². The molecule has 0 aromatic rings. The summed E-state index contributed by atoms with van der Waals surface area (Å²) in [5.41, 5.74) is 5.22. The summed E-state index contributed by atoms with van der Waals surface area (Å²) in [5.74, 6) is -0.328. The Morgan fingerprint density at radius 3 is 2.62 bits per heavy atom. The fourth-order valence-corrected chi connectivity index (χ4v) is 1.38. The van der Waals surface area contributed by atoms with Crippen LogP contribution >= 0.6 is 11.8 Å². The van der Waals surface area contributed by atoms with Crippen molar-refractivity contribution in [1.82, 2.24) is 0 Å². The highest BCUT2D eigenvalue weighted by molar-refractivity contribution is 7.99. The minimum absolute atomic E-state index is 0.0120. The van der Waals surface area contributed by atoms with Crippen LogP contribution in [-0.4, -0.2) is 52.9 Å². The largest absolute Gasteiger partial charge is 0.480 e. The standard InChI is InChI=1S/C9H17NO5S/c10-7(9(13)14)1-2-8(12)15-4-6-16-5-3-11/h7,11H,1-6,10H2,(H,13,14)/t7-/m0/s1. The molecule has 0 aliphatic heterocycles. The third kappa shape index (κ3) is 8.51. The number of rotatable bonds is 9. The molecule has 0 saturated carbocycles. The number of hydrogen-bond acceptors (Lipinski definition) is 6. The number of hydrogen-bond donors (Lipinski definition) is 3. The average Bonchev–Trinajstić information content (AvgIpc) is 2.25. The molecule has 0 radical (unpaired) electrons. The van der Waals surface area contributed by atoms with E-state index < -0.39 is 18.0 Å². The van der Waals surface area contributed by atoms with E-state index >= 15 is 0 Å². The Balaban J connectivity index is 3.41. The first-order valence-electron chi connectivity index (χ1n) is 4.90. The van der Waals surface area contributed by atoms with Crippen molar-refractivity contribution in [2.45, 2.75) is 18.9 Å². The molecule has 0 aliphatic carbocycles. The van der Waals surface area contributed by atoms with Crippen LogP contribution in [0.2, 0.25) is 0 Å². The van der Waals surface area contributed by atoms with Gasteiger partial charge >= 0.3 is 11.9 Å². The molecule has 0 amide bonds. The summed E-state index contributed by atoms with van der Waals surface area (Å²) in [6, 6.07) is -1.02. The minimum atomic E-state index is -1.12. The van der Waals surface area contributed by atoms with Crippen LogP contribution in [0.1, 0.15) is 12.8 Å². The molecule has 0 spiro atoms. The molecule has 0 unspecified atom stereocenters. The van der Waals surface area contributed by atoms with Gasteiger partial charge in [-0.25, -0.2) is 0 Å². The summed E-state index contributed by atoms with van der Waals surface area (Å²) >= 11 is 1.48. The van der Waals surface area contributed by atoms with Crippen molar-refractivity contribution in [2.75, 3.05) is 24.7 Å². The highest BCUT2D eigenvalue weighted by atomic mass is 32.2. The summed E-state index contributed by atoms with van der Waals surface area (Å²) in [6.07, 6.45) is 0.0933. The SMILES string of the molecule is N[C@@H](CCC(=O)OCCSCCO)C(=O)O. The van der Waals surface area contributed by atoms with E-state index in [4.69, 9.17) is 20.7 Å². The van der Waals surface area contributed by atoms with Gasteiger partial charge in [-0.15, -0.1) is 0 Å². The number of carbonyl (C=O) groups excluding carboxylic acids is 1. The van der Waals surface area contributed by atoms with Gasteiger partial charge in [0.25, 0.3) is 0 Å². The third-order valence-corrected chi connectivity index (χ3v) is 2.63. The van der Waals surface area contributed by atoms with Crippen LogP contribution in [0.25, 0.3) is 0 Å². The van der Waals surface area contributed by atoms with Gasteiger partial charge in [0.05, 0.1) is 6.61 Å². The lowest BCUT2D eigenvalue weighted by Crippen LogP contribution is -2.30. The molecule has 0 saturated heterocycles. The first kappa shape index (κ1) is 15.2. The van der Waals surface area contributed by atoms with E-state index in [0.29, 0.717) is 11.5 Å². The molecule has 0 aliphatic rings. The number of aliphatic carboxylic acids is 1. The molecular formula is C9H17NO5S. The van der Waals surface area contributed by atoms with Crippen molar-refractivity contribution < 1.29 is 24.5 Å². The molecule has 4 N–H and O–H groups in total. The van der Waals surface area contributed by atoms with Gasteiger partial charge in [0, 0.05) is 17.9 Å². The number of aliphatic hydroxyl groups excluding tert-OH is 1. The number of nitrogens with two attached hydrogens (primary N) is 1. The topological polar surface area (TPSA) is 110 Å². The lowest BCUT2D eigenvalue weighted by Gasteiger charge is -2.06. The maximum atomic E-state index is 11.1. The van der Waals surface area contributed by atoms with Gasteiger partial charge in [-0.1, -0.05) is 0 Å². The van der Waals surface area contributed by atoms with Crippen molar-refractivity contribution in [2.24, 2.45) is 5.73 Å². The second kappa shape index (κ2) is 9.44. The molecule has 6 nitrogen and oxygen atoms in total. The molecule has 1 atom stereocenters. The fourth-order valence-electron chi connectivity index (χ4n) is 0.850. The number of aliphatic hydroxyl groups is 1. The Bertz CT molecular complexity index is 224. The van der Waals surface area contributed by atoms with Gasteiger partial charge < -0.3 is 20.7 Å². The second-order valence-corrected chi connectivity index (χ2v) is 4.26. The second-order valence-electron chi connectivity index (χ2n) is 3.04. The van der Waals surface area contributed by atoms with Gasteiger partial charge in [0.1, 0.15) is 12.6 Å². The number of ether oxygens (including phenoxy) is 1. The van der Waals surface area contributed by atoms with Crippen LogP contribution in [0.15, 0.2) is 0 Å². The molecule has 0 rings (SSSR count). The predicted octanol–water partition coefficient (Wildman–Crippen LogP) is -0.553. The van der Waals surface area contributed by atoms with Crippen LogP contribution in [-0.2, 0) is 14.3 Å². The zero-order chi connectivity index (χ0) is 12.4. The van der Waals surface area contributed by atoms with E-state index in [-0.39, 0.29) is 26.1 Å². The molecule has 94 valence electrons. The number of carboxylic acids is 1. The average molecular weight is 251 g/mol. The molecule has 0 fully saturated rings. The maximum absolute atomic E-state index is 11.1. The minimum Gasteiger partial charge on any atom is -0.480 e. The normalized spacial score (nSPS) is 12.1. The number of carbonyl (C=O) groups is 2. The Kier molecular flexibility index (Phi) is 8.97. The van der Waals surface area contributed by atoms with Crippen molar-refractivity contribution in [3.05, 3.63) is 0 Å². The third-order valence-electron chi connectivity index (χ3n) is 1.70. The lowest BCUT2D eigenvalue weighted by atomic mass is 10.2. The van der Waals surface area contributed by atoms with Crippen LogP contribution in [0.5, 0.6) is 0 Å². The molecule has 0 bridgehead atoms. The summed E-state index contributed by atoms with van der Waals surface area (Å²) in [7, 11) is 0. The predicted molar refractivity (Wildman–Crippen MR) is 60.2 cm³/mol. The Morgan fingerprint density at radius 1 is 1.38 bits per heavy atom. The number of thioether (sulfide) groups is 1. The molecule has 7 heteroatoms. The first-order valence-corrected chi connectivity index (χ1v) is 6.06. The Labute approximate surface area is 98.1 Å². The number of esters is 1. The Hall–Kier alpha value is -0.790. The van der Waals surface area contributed by atoms with Crippen molar-refractivity contribution >= 4 is 23.7 Å². The van der Waals surface area contributed by atoms with Crippen LogP contribution in [0.3, 0.4) is 0 Å². The van der Waals surface area contributed by atoms with Gasteiger partial charge in [0.15, 0.2) is 0 Å². The molecule has 0 aromatic carbocycles. The van der Waals surface area contributed by atoms with Gasteiger partial charge in [-0.05, 0) is 6.42 Å². The highest BCUT2D eigenvalue weighted by Crippen LogP contribution is 2.01. The zero-order valence-corrected chi connectivity index (χ0v) is 9.74. The van der Waals surface area contributed by atoms with E-state index in [2.05, 4.69) is 0 Å². The van der Waals surface area contributed by atoms with Gasteiger partial charge in [0.2, 0.25) is 0 Å². The Morgan fingerprint density at radius 2 is 2.06 bits per heavy atom. The van der Waals surface area contributed by atoms with E-state index in [1.807, 2.05) is 0 Å².